The average molecular weight is 556 g/mol. The highest BCUT2D eigenvalue weighted by molar-refractivity contribution is 9.10. The summed E-state index contributed by atoms with van der Waals surface area (Å²) in [7, 11) is 1.72. The molecule has 8 heteroatoms. The van der Waals surface area contributed by atoms with Gasteiger partial charge >= 0.3 is 0 Å². The molecular weight excluding hydrogens is 524 g/mol. The van der Waals surface area contributed by atoms with Crippen molar-refractivity contribution in [2.75, 3.05) is 18.8 Å². The number of rotatable bonds is 8. The zero-order valence-corrected chi connectivity index (χ0v) is 22.6. The van der Waals surface area contributed by atoms with Crippen LogP contribution in [0.4, 0.5) is 0 Å². The van der Waals surface area contributed by atoms with Crippen molar-refractivity contribution >= 4 is 33.6 Å². The van der Waals surface area contributed by atoms with Crippen LogP contribution in [0.5, 0.6) is 0 Å². The minimum atomic E-state index is -0.0610. The fraction of sp³-hybridized carbons (Fsp3) is 0.370. The Bertz CT molecular complexity index is 1210. The predicted molar refractivity (Wildman–Crippen MR) is 145 cm³/mol. The number of nitrogens with one attached hydrogen (secondary N) is 1. The zero-order valence-electron chi connectivity index (χ0n) is 20.2. The third kappa shape index (κ3) is 7.06. The van der Waals surface area contributed by atoms with E-state index in [0.29, 0.717) is 22.8 Å². The molecule has 2 heterocycles. The van der Waals surface area contributed by atoms with Crippen LogP contribution in [0.25, 0.3) is 0 Å². The first-order valence-electron chi connectivity index (χ1n) is 11.9. The Hall–Kier alpha value is -2.42. The number of hydrogen-bond acceptors (Lipinski definition) is 5. The van der Waals surface area contributed by atoms with Gasteiger partial charge in [0.1, 0.15) is 0 Å². The van der Waals surface area contributed by atoms with Crippen molar-refractivity contribution in [3.8, 4) is 0 Å². The molecule has 1 saturated heterocycles. The van der Waals surface area contributed by atoms with E-state index < -0.39 is 0 Å². The van der Waals surface area contributed by atoms with Crippen LogP contribution in [0.3, 0.4) is 0 Å². The Morgan fingerprint density at radius 2 is 1.77 bits per heavy atom. The fourth-order valence-electron chi connectivity index (χ4n) is 4.35. The molecule has 0 radical (unpaired) electrons. The molecule has 4 rings (SSSR count). The lowest BCUT2D eigenvalue weighted by Crippen LogP contribution is -2.44. The lowest BCUT2D eigenvalue weighted by molar-refractivity contribution is -0.119. The van der Waals surface area contributed by atoms with E-state index in [1.54, 1.807) is 11.6 Å². The second kappa shape index (κ2) is 12.0. The van der Waals surface area contributed by atoms with E-state index in [-0.39, 0.29) is 23.3 Å². The number of halogens is 1. The van der Waals surface area contributed by atoms with Crippen molar-refractivity contribution in [2.24, 2.45) is 7.05 Å². The van der Waals surface area contributed by atoms with E-state index in [4.69, 9.17) is 0 Å². The monoisotopic (exact) mass is 554 g/mol. The van der Waals surface area contributed by atoms with Gasteiger partial charge in [-0.3, -0.25) is 19.1 Å². The molecule has 184 valence electrons. The molecule has 1 aliphatic heterocycles. The molecule has 1 N–H and O–H groups in total. The molecule has 6 nitrogen and oxygen atoms in total. The number of likely N-dealkylation sites (tertiary alicyclic amines) is 1. The Morgan fingerprint density at radius 1 is 1.09 bits per heavy atom. The maximum Gasteiger partial charge on any atom is 0.257 e. The van der Waals surface area contributed by atoms with Gasteiger partial charge in [-0.2, -0.15) is 0 Å². The number of aromatic nitrogens is 2. The topological polar surface area (TPSA) is 67.2 Å². The largest absolute Gasteiger partial charge is 0.353 e. The number of carbonyl (C=O) groups is 1. The summed E-state index contributed by atoms with van der Waals surface area (Å²) in [6, 6.07) is 18.6. The summed E-state index contributed by atoms with van der Waals surface area (Å²) >= 11 is 4.75. The molecule has 1 aliphatic rings. The molecule has 1 amide bonds. The van der Waals surface area contributed by atoms with Crippen molar-refractivity contribution in [3.05, 3.63) is 91.8 Å². The molecule has 35 heavy (non-hydrogen) atoms. The summed E-state index contributed by atoms with van der Waals surface area (Å²) in [6.45, 7) is 4.77. The van der Waals surface area contributed by atoms with Crippen LogP contribution in [0.15, 0.2) is 69.0 Å². The van der Waals surface area contributed by atoms with E-state index in [2.05, 4.69) is 55.4 Å². The van der Waals surface area contributed by atoms with Crippen molar-refractivity contribution in [1.29, 1.82) is 0 Å². The summed E-state index contributed by atoms with van der Waals surface area (Å²) in [5.74, 6) is 0.234. The lowest BCUT2D eigenvalue weighted by atomic mass is 10.0. The quantitative estimate of drug-likeness (QED) is 0.332. The number of nitrogens with zero attached hydrogens (tertiary/aromatic N) is 3. The molecule has 0 saturated carbocycles. The number of thioether (sulfide) groups is 1. The first-order chi connectivity index (χ1) is 16.9. The van der Waals surface area contributed by atoms with Gasteiger partial charge in [0.15, 0.2) is 5.16 Å². The van der Waals surface area contributed by atoms with Gasteiger partial charge in [-0.1, -0.05) is 70.2 Å². The highest BCUT2D eigenvalue weighted by Gasteiger charge is 2.21. The number of aryl methyl sites for hydroxylation is 1. The van der Waals surface area contributed by atoms with Crippen LogP contribution in [-0.4, -0.2) is 45.2 Å². The van der Waals surface area contributed by atoms with Gasteiger partial charge in [-0.25, -0.2) is 4.98 Å². The van der Waals surface area contributed by atoms with E-state index in [9.17, 15) is 9.59 Å². The van der Waals surface area contributed by atoms with E-state index in [1.165, 1.54) is 17.3 Å². The maximum atomic E-state index is 13.0. The standard InChI is InChI=1S/C27H31BrN4O2S/c1-19-24(16-20-8-10-22(28)11-9-20)26(34)31(2)27(29-19)35-18-25(33)30-23-12-14-32(15-13-23)17-21-6-4-3-5-7-21/h3-11,23H,12-18H2,1-2H3,(H,30,33). The minimum absolute atomic E-state index is 0.0117. The Labute approximate surface area is 219 Å². The van der Waals surface area contributed by atoms with Gasteiger partial charge in [-0.15, -0.1) is 0 Å². The van der Waals surface area contributed by atoms with Gasteiger partial charge in [0.2, 0.25) is 5.91 Å². The van der Waals surface area contributed by atoms with Gasteiger partial charge in [0, 0.05) is 54.9 Å². The second-order valence-electron chi connectivity index (χ2n) is 9.02. The van der Waals surface area contributed by atoms with Gasteiger partial charge in [-0.05, 0) is 43.0 Å². The smallest absolute Gasteiger partial charge is 0.257 e. The number of benzene rings is 2. The third-order valence-electron chi connectivity index (χ3n) is 6.38. The maximum absolute atomic E-state index is 13.0. The summed E-state index contributed by atoms with van der Waals surface area (Å²) in [5, 5.41) is 3.73. The van der Waals surface area contributed by atoms with Crippen LogP contribution in [0.2, 0.25) is 0 Å². The molecule has 0 aliphatic carbocycles. The van der Waals surface area contributed by atoms with Crippen LogP contribution in [-0.2, 0) is 24.8 Å². The molecule has 0 spiro atoms. The summed E-state index contributed by atoms with van der Waals surface area (Å²) in [4.78, 5) is 32.7. The molecule has 0 unspecified atom stereocenters. The summed E-state index contributed by atoms with van der Waals surface area (Å²) in [6.07, 6.45) is 2.43. The first-order valence-corrected chi connectivity index (χ1v) is 13.7. The SMILES string of the molecule is Cc1nc(SCC(=O)NC2CCN(Cc3ccccc3)CC2)n(C)c(=O)c1Cc1ccc(Br)cc1. The van der Waals surface area contributed by atoms with E-state index in [1.807, 2.05) is 37.3 Å². The first kappa shape index (κ1) is 25.7. The van der Waals surface area contributed by atoms with Crippen LogP contribution < -0.4 is 10.9 Å². The summed E-state index contributed by atoms with van der Waals surface area (Å²) in [5.41, 5.74) is 3.72. The fourth-order valence-corrected chi connectivity index (χ4v) is 5.43. The Kier molecular flexibility index (Phi) is 8.81. The van der Waals surface area contributed by atoms with Gasteiger partial charge in [0.05, 0.1) is 5.75 Å². The minimum Gasteiger partial charge on any atom is -0.353 e. The highest BCUT2D eigenvalue weighted by Crippen LogP contribution is 2.19. The number of piperidine rings is 1. The molecule has 1 aromatic heterocycles. The van der Waals surface area contributed by atoms with Crippen LogP contribution >= 0.6 is 27.7 Å². The molecule has 3 aromatic rings. The zero-order chi connectivity index (χ0) is 24.8. The second-order valence-corrected chi connectivity index (χ2v) is 10.9. The number of hydrogen-bond donors (Lipinski definition) is 1. The molecule has 1 fully saturated rings. The number of amides is 1. The van der Waals surface area contributed by atoms with Crippen molar-refractivity contribution in [2.45, 2.75) is 43.9 Å². The normalized spacial score (nSPS) is 14.7. The molecule has 0 atom stereocenters. The van der Waals surface area contributed by atoms with Crippen LogP contribution in [0, 0.1) is 6.92 Å². The van der Waals surface area contributed by atoms with Crippen LogP contribution in [0.1, 0.15) is 35.2 Å². The molecule has 2 aromatic carbocycles. The van der Waals surface area contributed by atoms with Gasteiger partial charge < -0.3 is 5.32 Å². The van der Waals surface area contributed by atoms with E-state index in [0.717, 1.165) is 42.5 Å². The van der Waals surface area contributed by atoms with Gasteiger partial charge in [0.25, 0.3) is 5.56 Å². The molecule has 0 bridgehead atoms. The third-order valence-corrected chi connectivity index (χ3v) is 7.94. The lowest BCUT2D eigenvalue weighted by Gasteiger charge is -2.32. The average Bonchev–Trinajstić information content (AvgIpc) is 2.86. The summed E-state index contributed by atoms with van der Waals surface area (Å²) < 4.78 is 2.56. The van der Waals surface area contributed by atoms with Crippen molar-refractivity contribution < 1.29 is 4.79 Å². The Balaban J connectivity index is 1.28. The van der Waals surface area contributed by atoms with Crippen molar-refractivity contribution in [1.82, 2.24) is 19.8 Å². The number of carbonyl (C=O) groups excluding carboxylic acids is 1. The Morgan fingerprint density at radius 3 is 2.46 bits per heavy atom. The highest BCUT2D eigenvalue weighted by atomic mass is 79.9. The van der Waals surface area contributed by atoms with E-state index >= 15 is 0 Å². The van der Waals surface area contributed by atoms with Crippen molar-refractivity contribution in [3.63, 3.8) is 0 Å². The molecular formula is C27H31BrN4O2S. The predicted octanol–water partition coefficient (Wildman–Crippen LogP) is 4.31.